The van der Waals surface area contributed by atoms with E-state index >= 15 is 0 Å². The number of hydrogen-bond donors (Lipinski definition) is 0. The average Bonchev–Trinajstić information content (AvgIpc) is 2.07. The standard InChI is InChI=1S/C5H8Br2O3P/c6-1-5(2-7)3-9-11(8)10-4-5/h3,11H,1-2,4H2. The zero-order chi connectivity index (χ0) is 8.32. The van der Waals surface area contributed by atoms with Crippen molar-refractivity contribution in [2.75, 3.05) is 17.3 Å². The highest BCUT2D eigenvalue weighted by Gasteiger charge is 2.34. The quantitative estimate of drug-likeness (QED) is 0.580. The van der Waals surface area contributed by atoms with Crippen LogP contribution in [0.5, 0.6) is 0 Å². The van der Waals surface area contributed by atoms with Gasteiger partial charge in [-0.3, -0.25) is 4.57 Å². The SMILES string of the molecule is O=[PH]1O[CH]C(CBr)(CBr)CO1. The maximum Gasteiger partial charge on any atom is 0.319 e. The molecule has 0 amide bonds. The summed E-state index contributed by atoms with van der Waals surface area (Å²) in [6.07, 6.45) is 0. The van der Waals surface area contributed by atoms with Crippen molar-refractivity contribution >= 4 is 40.1 Å². The second-order valence-corrected chi connectivity index (χ2v) is 4.55. The lowest BCUT2D eigenvalue weighted by Crippen LogP contribution is -2.33. The van der Waals surface area contributed by atoms with E-state index in [1.807, 2.05) is 0 Å². The monoisotopic (exact) mass is 305 g/mol. The molecule has 1 aliphatic rings. The summed E-state index contributed by atoms with van der Waals surface area (Å²) in [6, 6.07) is 0. The van der Waals surface area contributed by atoms with Gasteiger partial charge in [0.2, 0.25) is 0 Å². The van der Waals surface area contributed by atoms with Gasteiger partial charge in [0.05, 0.1) is 6.61 Å². The Bertz CT molecular complexity index is 148. The van der Waals surface area contributed by atoms with Crippen molar-refractivity contribution in [1.29, 1.82) is 0 Å². The average molecular weight is 307 g/mol. The molecular weight excluding hydrogens is 299 g/mol. The Morgan fingerprint density at radius 2 is 2.18 bits per heavy atom. The first-order valence-electron chi connectivity index (χ1n) is 3.02. The predicted molar refractivity (Wildman–Crippen MR) is 50.4 cm³/mol. The summed E-state index contributed by atoms with van der Waals surface area (Å²) in [5.74, 6) is 0. The van der Waals surface area contributed by atoms with Gasteiger partial charge in [-0.1, -0.05) is 31.9 Å². The van der Waals surface area contributed by atoms with E-state index in [1.54, 1.807) is 6.61 Å². The molecule has 3 nitrogen and oxygen atoms in total. The molecule has 1 heterocycles. The van der Waals surface area contributed by atoms with E-state index in [0.717, 1.165) is 10.7 Å². The van der Waals surface area contributed by atoms with Crippen molar-refractivity contribution in [3.8, 4) is 0 Å². The van der Waals surface area contributed by atoms with Crippen LogP contribution in [0.3, 0.4) is 0 Å². The highest BCUT2D eigenvalue weighted by Crippen LogP contribution is 2.41. The first-order valence-corrected chi connectivity index (χ1v) is 6.49. The van der Waals surface area contributed by atoms with Crippen molar-refractivity contribution in [3.63, 3.8) is 0 Å². The Hall–Kier alpha value is 1.11. The van der Waals surface area contributed by atoms with Crippen LogP contribution in [0.1, 0.15) is 0 Å². The van der Waals surface area contributed by atoms with Crippen LogP contribution in [-0.2, 0) is 13.6 Å². The first kappa shape index (κ1) is 10.2. The van der Waals surface area contributed by atoms with Gasteiger partial charge in [-0.15, -0.1) is 0 Å². The molecule has 1 fully saturated rings. The lowest BCUT2D eigenvalue weighted by atomic mass is 9.96. The zero-order valence-electron chi connectivity index (χ0n) is 5.68. The molecule has 0 aromatic rings. The molecule has 0 bridgehead atoms. The molecule has 0 aliphatic carbocycles. The molecular formula is C5H8Br2O3P. The normalized spacial score (nSPS) is 25.3. The minimum Gasteiger partial charge on any atom is -0.310 e. The van der Waals surface area contributed by atoms with Crippen LogP contribution in [0.4, 0.5) is 0 Å². The first-order chi connectivity index (χ1) is 5.22. The largest absolute Gasteiger partial charge is 0.319 e. The van der Waals surface area contributed by atoms with Gasteiger partial charge in [-0.25, -0.2) is 0 Å². The molecule has 0 aromatic carbocycles. The minimum absolute atomic E-state index is 0.168. The van der Waals surface area contributed by atoms with Crippen LogP contribution in [-0.4, -0.2) is 17.3 Å². The van der Waals surface area contributed by atoms with E-state index in [9.17, 15) is 4.57 Å². The molecule has 1 radical (unpaired) electrons. The van der Waals surface area contributed by atoms with Crippen LogP contribution in [0.2, 0.25) is 0 Å². The third kappa shape index (κ3) is 2.52. The molecule has 1 rings (SSSR count). The van der Waals surface area contributed by atoms with Gasteiger partial charge in [-0.2, -0.15) is 0 Å². The third-order valence-corrected chi connectivity index (χ3v) is 4.34. The smallest absolute Gasteiger partial charge is 0.310 e. The van der Waals surface area contributed by atoms with Crippen molar-refractivity contribution < 1.29 is 13.6 Å². The summed E-state index contributed by atoms with van der Waals surface area (Å²) >= 11 is 6.67. The Balaban J connectivity index is 2.52. The molecule has 65 valence electrons. The van der Waals surface area contributed by atoms with Gasteiger partial charge in [-0.05, 0) is 0 Å². The lowest BCUT2D eigenvalue weighted by molar-refractivity contribution is 0.108. The maximum atomic E-state index is 10.7. The van der Waals surface area contributed by atoms with E-state index in [2.05, 4.69) is 31.9 Å². The molecule has 1 unspecified atom stereocenters. The summed E-state index contributed by atoms with van der Waals surface area (Å²) in [5, 5.41) is 1.47. The van der Waals surface area contributed by atoms with Gasteiger partial charge in [0.15, 0.2) is 0 Å². The minimum atomic E-state index is -2.23. The van der Waals surface area contributed by atoms with Crippen LogP contribution >= 0.6 is 40.1 Å². The number of halogens is 2. The van der Waals surface area contributed by atoms with Crippen molar-refractivity contribution in [1.82, 2.24) is 0 Å². The highest BCUT2D eigenvalue weighted by atomic mass is 79.9. The van der Waals surface area contributed by atoms with Crippen molar-refractivity contribution in [2.24, 2.45) is 5.41 Å². The van der Waals surface area contributed by atoms with Crippen LogP contribution in [0.15, 0.2) is 0 Å². The number of alkyl halides is 2. The van der Waals surface area contributed by atoms with Gasteiger partial charge in [0, 0.05) is 16.1 Å². The second-order valence-electron chi connectivity index (χ2n) is 2.40. The van der Waals surface area contributed by atoms with Crippen LogP contribution < -0.4 is 0 Å². The number of rotatable bonds is 2. The summed E-state index contributed by atoms with van der Waals surface area (Å²) < 4.78 is 20.4. The fourth-order valence-corrected chi connectivity index (χ4v) is 2.96. The van der Waals surface area contributed by atoms with Gasteiger partial charge in [0.1, 0.15) is 6.61 Å². The summed E-state index contributed by atoms with van der Waals surface area (Å²) in [7, 11) is -2.23. The molecule has 11 heavy (non-hydrogen) atoms. The van der Waals surface area contributed by atoms with Crippen LogP contribution in [0.25, 0.3) is 0 Å². The summed E-state index contributed by atoms with van der Waals surface area (Å²) in [5.41, 5.74) is -0.168. The van der Waals surface area contributed by atoms with Crippen molar-refractivity contribution in [2.45, 2.75) is 0 Å². The third-order valence-electron chi connectivity index (χ3n) is 1.41. The van der Waals surface area contributed by atoms with E-state index in [4.69, 9.17) is 9.05 Å². The molecule has 1 atom stereocenters. The molecule has 0 saturated carbocycles. The maximum absolute atomic E-state index is 10.7. The van der Waals surface area contributed by atoms with Crippen molar-refractivity contribution in [3.05, 3.63) is 6.61 Å². The summed E-state index contributed by atoms with van der Waals surface area (Å²) in [4.78, 5) is 0. The topological polar surface area (TPSA) is 35.5 Å². The fraction of sp³-hybridized carbons (Fsp3) is 0.800. The Kier molecular flexibility index (Phi) is 4.05. The van der Waals surface area contributed by atoms with E-state index in [0.29, 0.717) is 6.61 Å². The second kappa shape index (κ2) is 4.38. The lowest BCUT2D eigenvalue weighted by Gasteiger charge is -2.31. The Labute approximate surface area is 83.0 Å². The zero-order valence-corrected chi connectivity index (χ0v) is 9.85. The summed E-state index contributed by atoms with van der Waals surface area (Å²) in [6.45, 7) is 2.04. The number of hydrogen-bond acceptors (Lipinski definition) is 3. The Morgan fingerprint density at radius 1 is 1.55 bits per heavy atom. The molecule has 0 aromatic heterocycles. The molecule has 0 N–H and O–H groups in total. The molecule has 1 saturated heterocycles. The molecule has 6 heteroatoms. The fourth-order valence-electron chi connectivity index (χ4n) is 0.620. The van der Waals surface area contributed by atoms with Gasteiger partial charge in [0.25, 0.3) is 0 Å². The van der Waals surface area contributed by atoms with E-state index in [1.165, 1.54) is 0 Å². The van der Waals surface area contributed by atoms with Gasteiger partial charge >= 0.3 is 8.25 Å². The van der Waals surface area contributed by atoms with E-state index < -0.39 is 8.25 Å². The molecule has 0 spiro atoms. The molecule has 1 aliphatic heterocycles. The highest BCUT2D eigenvalue weighted by molar-refractivity contribution is 9.09. The van der Waals surface area contributed by atoms with Crippen LogP contribution in [0, 0.1) is 12.0 Å². The van der Waals surface area contributed by atoms with E-state index in [-0.39, 0.29) is 5.41 Å². The predicted octanol–water partition coefficient (Wildman–Crippen LogP) is 2.36. The Morgan fingerprint density at radius 3 is 2.55 bits per heavy atom. The van der Waals surface area contributed by atoms with Gasteiger partial charge < -0.3 is 9.05 Å².